The number of nitrogens with one attached hydrogen (secondary N) is 1. The lowest BCUT2D eigenvalue weighted by atomic mass is 10.1. The third-order valence-corrected chi connectivity index (χ3v) is 5.09. The van der Waals surface area contributed by atoms with E-state index >= 15 is 0 Å². The first-order chi connectivity index (χ1) is 13.6. The lowest BCUT2D eigenvalue weighted by Gasteiger charge is -2.14. The minimum atomic E-state index is 0.308. The molecule has 3 nitrogen and oxygen atoms in total. The highest BCUT2D eigenvalue weighted by molar-refractivity contribution is 7.80. The number of hydrogen-bond acceptors (Lipinski definition) is 3. The van der Waals surface area contributed by atoms with Gasteiger partial charge in [-0.25, -0.2) is 0 Å². The number of hydrogen-bond donors (Lipinski definition) is 1. The SMILES string of the molecule is COc1cc(C(=S)NCc2ccccc2)ccc1OCc1ccc(Cl)cc1Cl. The summed E-state index contributed by atoms with van der Waals surface area (Å²) in [5.41, 5.74) is 2.87. The zero-order chi connectivity index (χ0) is 19.9. The third kappa shape index (κ3) is 5.38. The van der Waals surface area contributed by atoms with E-state index in [0.717, 1.165) is 16.7 Å². The van der Waals surface area contributed by atoms with Crippen LogP contribution in [0.2, 0.25) is 10.0 Å². The van der Waals surface area contributed by atoms with E-state index < -0.39 is 0 Å². The van der Waals surface area contributed by atoms with Gasteiger partial charge in [0.15, 0.2) is 11.5 Å². The highest BCUT2D eigenvalue weighted by Crippen LogP contribution is 2.30. The van der Waals surface area contributed by atoms with Gasteiger partial charge in [0.25, 0.3) is 0 Å². The van der Waals surface area contributed by atoms with Crippen molar-refractivity contribution in [1.29, 1.82) is 0 Å². The Kier molecular flexibility index (Phi) is 7.15. The highest BCUT2D eigenvalue weighted by Gasteiger charge is 2.10. The van der Waals surface area contributed by atoms with Gasteiger partial charge < -0.3 is 14.8 Å². The monoisotopic (exact) mass is 431 g/mol. The molecular formula is C22H19Cl2NO2S. The normalized spacial score (nSPS) is 10.4. The zero-order valence-electron chi connectivity index (χ0n) is 15.2. The Morgan fingerprint density at radius 2 is 1.75 bits per heavy atom. The molecule has 28 heavy (non-hydrogen) atoms. The molecule has 0 aliphatic rings. The first-order valence-corrected chi connectivity index (χ1v) is 9.80. The average Bonchev–Trinajstić information content (AvgIpc) is 2.72. The van der Waals surface area contributed by atoms with Crippen molar-refractivity contribution >= 4 is 40.4 Å². The molecule has 0 bridgehead atoms. The van der Waals surface area contributed by atoms with Gasteiger partial charge in [0.1, 0.15) is 11.6 Å². The van der Waals surface area contributed by atoms with Gasteiger partial charge in [-0.1, -0.05) is 71.8 Å². The summed E-state index contributed by atoms with van der Waals surface area (Å²) in [6, 6.07) is 21.0. The lowest BCUT2D eigenvalue weighted by molar-refractivity contribution is 0.284. The second kappa shape index (κ2) is 9.78. The molecule has 1 N–H and O–H groups in total. The Bertz CT molecular complexity index is 964. The summed E-state index contributed by atoms with van der Waals surface area (Å²) in [7, 11) is 1.60. The van der Waals surface area contributed by atoms with Crippen molar-refractivity contribution in [2.45, 2.75) is 13.2 Å². The summed E-state index contributed by atoms with van der Waals surface area (Å²) in [6.07, 6.45) is 0. The molecule has 6 heteroatoms. The molecule has 3 aromatic carbocycles. The van der Waals surface area contributed by atoms with Crippen LogP contribution in [0.5, 0.6) is 11.5 Å². The first-order valence-electron chi connectivity index (χ1n) is 8.63. The van der Waals surface area contributed by atoms with Gasteiger partial charge >= 0.3 is 0 Å². The van der Waals surface area contributed by atoms with Gasteiger partial charge in [-0.15, -0.1) is 0 Å². The number of thiocarbonyl (C=S) groups is 1. The molecular weight excluding hydrogens is 413 g/mol. The number of methoxy groups -OCH3 is 1. The van der Waals surface area contributed by atoms with Crippen molar-refractivity contribution < 1.29 is 9.47 Å². The predicted octanol–water partition coefficient (Wildman–Crippen LogP) is 6.05. The third-order valence-electron chi connectivity index (χ3n) is 4.12. The maximum Gasteiger partial charge on any atom is 0.161 e. The molecule has 0 aromatic heterocycles. The lowest BCUT2D eigenvalue weighted by Crippen LogP contribution is -2.21. The van der Waals surface area contributed by atoms with Crippen LogP contribution in [0.15, 0.2) is 66.7 Å². The second-order valence-corrected chi connectivity index (χ2v) is 7.31. The molecule has 0 saturated heterocycles. The van der Waals surface area contributed by atoms with E-state index in [1.54, 1.807) is 19.2 Å². The molecule has 3 aromatic rings. The largest absolute Gasteiger partial charge is 0.493 e. The summed E-state index contributed by atoms with van der Waals surface area (Å²) >= 11 is 17.6. The number of rotatable bonds is 7. The van der Waals surface area contributed by atoms with Gasteiger partial charge in [0.2, 0.25) is 0 Å². The van der Waals surface area contributed by atoms with Crippen LogP contribution in [0.3, 0.4) is 0 Å². The number of benzene rings is 3. The molecule has 0 aliphatic heterocycles. The number of ether oxygens (including phenoxy) is 2. The Morgan fingerprint density at radius 1 is 0.964 bits per heavy atom. The molecule has 0 spiro atoms. The highest BCUT2D eigenvalue weighted by atomic mass is 35.5. The van der Waals surface area contributed by atoms with Crippen molar-refractivity contribution in [2.75, 3.05) is 7.11 Å². The van der Waals surface area contributed by atoms with E-state index in [1.165, 1.54) is 0 Å². The van der Waals surface area contributed by atoms with E-state index in [-0.39, 0.29) is 0 Å². The standard InChI is InChI=1S/C22H19Cl2NO2S/c1-26-21-11-16(22(28)25-13-15-5-3-2-4-6-15)8-10-20(21)27-14-17-7-9-18(23)12-19(17)24/h2-12H,13-14H2,1H3,(H,25,28). The van der Waals surface area contributed by atoms with Crippen LogP contribution in [0.4, 0.5) is 0 Å². The maximum absolute atomic E-state index is 6.20. The van der Waals surface area contributed by atoms with Crippen LogP contribution in [0.25, 0.3) is 0 Å². The van der Waals surface area contributed by atoms with Gasteiger partial charge in [-0.3, -0.25) is 0 Å². The van der Waals surface area contributed by atoms with Gasteiger partial charge in [-0.05, 0) is 35.9 Å². The van der Waals surface area contributed by atoms with Crippen molar-refractivity contribution in [2.24, 2.45) is 0 Å². The van der Waals surface area contributed by atoms with Crippen LogP contribution in [0, 0.1) is 0 Å². The minimum absolute atomic E-state index is 0.308. The average molecular weight is 432 g/mol. The Labute approximate surface area is 180 Å². The first kappa shape index (κ1) is 20.5. The van der Waals surface area contributed by atoms with Crippen LogP contribution < -0.4 is 14.8 Å². The Hall–Kier alpha value is -2.27. The molecule has 0 aliphatic carbocycles. The fourth-order valence-corrected chi connectivity index (χ4v) is 3.26. The predicted molar refractivity (Wildman–Crippen MR) is 119 cm³/mol. The van der Waals surface area contributed by atoms with Crippen molar-refractivity contribution in [3.8, 4) is 11.5 Å². The number of halogens is 2. The molecule has 144 valence electrons. The molecule has 0 radical (unpaired) electrons. The molecule has 0 heterocycles. The molecule has 0 atom stereocenters. The quantitative estimate of drug-likeness (QED) is 0.461. The maximum atomic E-state index is 6.20. The smallest absolute Gasteiger partial charge is 0.161 e. The van der Waals surface area contributed by atoms with Gasteiger partial charge in [-0.2, -0.15) is 0 Å². The topological polar surface area (TPSA) is 30.5 Å². The zero-order valence-corrected chi connectivity index (χ0v) is 17.6. The van der Waals surface area contributed by atoms with E-state index in [0.29, 0.717) is 39.7 Å². The van der Waals surface area contributed by atoms with Crippen LogP contribution >= 0.6 is 35.4 Å². The molecule has 0 saturated carbocycles. The summed E-state index contributed by atoms with van der Waals surface area (Å²) < 4.78 is 11.4. The Morgan fingerprint density at radius 3 is 2.46 bits per heavy atom. The van der Waals surface area contributed by atoms with E-state index in [2.05, 4.69) is 17.4 Å². The van der Waals surface area contributed by atoms with Crippen molar-refractivity contribution in [1.82, 2.24) is 5.32 Å². The molecule has 0 fully saturated rings. The van der Waals surface area contributed by atoms with Gasteiger partial charge in [0.05, 0.1) is 7.11 Å². The molecule has 3 rings (SSSR count). The van der Waals surface area contributed by atoms with E-state index in [4.69, 9.17) is 44.9 Å². The summed E-state index contributed by atoms with van der Waals surface area (Å²) in [6.45, 7) is 0.970. The summed E-state index contributed by atoms with van der Waals surface area (Å²) in [4.78, 5) is 0.648. The van der Waals surface area contributed by atoms with E-state index in [9.17, 15) is 0 Å². The van der Waals surface area contributed by atoms with Crippen LogP contribution in [-0.2, 0) is 13.2 Å². The fourth-order valence-electron chi connectivity index (χ4n) is 2.60. The minimum Gasteiger partial charge on any atom is -0.493 e. The van der Waals surface area contributed by atoms with Crippen molar-refractivity contribution in [3.05, 3.63) is 93.5 Å². The second-order valence-electron chi connectivity index (χ2n) is 6.06. The molecule has 0 amide bonds. The van der Waals surface area contributed by atoms with Crippen LogP contribution in [0.1, 0.15) is 16.7 Å². The van der Waals surface area contributed by atoms with Crippen molar-refractivity contribution in [3.63, 3.8) is 0 Å². The Balaban J connectivity index is 1.66. The van der Waals surface area contributed by atoms with Gasteiger partial charge in [0, 0.05) is 27.7 Å². The fraction of sp³-hybridized carbons (Fsp3) is 0.136. The molecule has 0 unspecified atom stereocenters. The van der Waals surface area contributed by atoms with Crippen LogP contribution in [-0.4, -0.2) is 12.1 Å². The van der Waals surface area contributed by atoms with E-state index in [1.807, 2.05) is 42.5 Å². The summed E-state index contributed by atoms with van der Waals surface area (Å²) in [5.74, 6) is 1.22. The summed E-state index contributed by atoms with van der Waals surface area (Å²) in [5, 5.41) is 4.42.